The van der Waals surface area contributed by atoms with Gasteiger partial charge in [-0.1, -0.05) is 0 Å². The molecule has 0 aromatic carbocycles. The van der Waals surface area contributed by atoms with E-state index in [1.54, 1.807) is 13.3 Å². The summed E-state index contributed by atoms with van der Waals surface area (Å²) in [6.45, 7) is 3.55. The van der Waals surface area contributed by atoms with Crippen molar-refractivity contribution in [1.82, 2.24) is 14.9 Å². The summed E-state index contributed by atoms with van der Waals surface area (Å²) in [7, 11) is 5.85. The lowest BCUT2D eigenvalue weighted by molar-refractivity contribution is 0.198. The largest absolute Gasteiger partial charge is 0.385 e. The van der Waals surface area contributed by atoms with Crippen LogP contribution in [0.1, 0.15) is 12.8 Å². The topological polar surface area (TPSA) is 62.3 Å². The Labute approximate surface area is 115 Å². The third-order valence-corrected chi connectivity index (χ3v) is 2.55. The van der Waals surface area contributed by atoms with Gasteiger partial charge in [-0.2, -0.15) is 4.98 Å². The van der Waals surface area contributed by atoms with Crippen LogP contribution in [0.4, 0.5) is 11.8 Å². The van der Waals surface area contributed by atoms with Gasteiger partial charge in [-0.25, -0.2) is 4.98 Å². The standard InChI is InChI=1S/C13H25N5O/c1-18(2)10-4-7-15-13-16-9-6-12(17-13)14-8-5-11-19-3/h6,9H,4-5,7-8,10-11H2,1-3H3,(H2,14,15,16,17). The van der Waals surface area contributed by atoms with Crippen molar-refractivity contribution in [1.29, 1.82) is 0 Å². The maximum atomic E-state index is 5.00. The Morgan fingerprint density at radius 3 is 2.74 bits per heavy atom. The molecule has 0 bridgehead atoms. The molecule has 6 heteroatoms. The van der Waals surface area contributed by atoms with Crippen molar-refractivity contribution >= 4 is 11.8 Å². The van der Waals surface area contributed by atoms with Crippen LogP contribution in [-0.2, 0) is 4.74 Å². The third-order valence-electron chi connectivity index (χ3n) is 2.55. The average Bonchev–Trinajstić information content (AvgIpc) is 2.40. The van der Waals surface area contributed by atoms with Crippen LogP contribution < -0.4 is 10.6 Å². The molecule has 1 heterocycles. The first-order valence-corrected chi connectivity index (χ1v) is 6.67. The summed E-state index contributed by atoms with van der Waals surface area (Å²) < 4.78 is 5.00. The number of nitrogens with zero attached hydrogens (tertiary/aromatic N) is 3. The Morgan fingerprint density at radius 2 is 2.00 bits per heavy atom. The van der Waals surface area contributed by atoms with Gasteiger partial charge in [-0.3, -0.25) is 0 Å². The summed E-state index contributed by atoms with van der Waals surface area (Å²) in [5.41, 5.74) is 0. The van der Waals surface area contributed by atoms with Gasteiger partial charge in [-0.15, -0.1) is 0 Å². The summed E-state index contributed by atoms with van der Waals surface area (Å²) in [6, 6.07) is 1.87. The summed E-state index contributed by atoms with van der Waals surface area (Å²) >= 11 is 0. The molecule has 108 valence electrons. The molecule has 19 heavy (non-hydrogen) atoms. The summed E-state index contributed by atoms with van der Waals surface area (Å²) in [4.78, 5) is 10.8. The quantitative estimate of drug-likeness (QED) is 0.623. The maximum absolute atomic E-state index is 5.00. The van der Waals surface area contributed by atoms with E-state index in [0.717, 1.165) is 44.9 Å². The highest BCUT2D eigenvalue weighted by Crippen LogP contribution is 2.05. The fourth-order valence-corrected chi connectivity index (χ4v) is 1.57. The second-order valence-corrected chi connectivity index (χ2v) is 4.62. The molecule has 0 unspecified atom stereocenters. The van der Waals surface area contributed by atoms with Crippen molar-refractivity contribution in [3.8, 4) is 0 Å². The Bertz CT molecular complexity index is 346. The normalized spacial score (nSPS) is 10.7. The molecule has 0 atom stereocenters. The summed E-state index contributed by atoms with van der Waals surface area (Å²) in [5.74, 6) is 1.52. The lowest BCUT2D eigenvalue weighted by Gasteiger charge is -2.10. The van der Waals surface area contributed by atoms with E-state index >= 15 is 0 Å². The predicted molar refractivity (Wildman–Crippen MR) is 78.7 cm³/mol. The van der Waals surface area contributed by atoms with E-state index in [2.05, 4.69) is 39.6 Å². The van der Waals surface area contributed by atoms with Gasteiger partial charge in [0, 0.05) is 33.0 Å². The lowest BCUT2D eigenvalue weighted by atomic mass is 10.4. The van der Waals surface area contributed by atoms with E-state index in [1.807, 2.05) is 6.07 Å². The predicted octanol–water partition coefficient (Wildman–Crippen LogP) is 1.29. The van der Waals surface area contributed by atoms with Crippen molar-refractivity contribution in [3.05, 3.63) is 12.3 Å². The van der Waals surface area contributed by atoms with Crippen LogP contribution in [0.25, 0.3) is 0 Å². The summed E-state index contributed by atoms with van der Waals surface area (Å²) in [5, 5.41) is 6.48. The molecule has 0 radical (unpaired) electrons. The maximum Gasteiger partial charge on any atom is 0.224 e. The average molecular weight is 267 g/mol. The SMILES string of the molecule is COCCCNc1ccnc(NCCCN(C)C)n1. The third kappa shape index (κ3) is 7.58. The molecule has 0 aliphatic carbocycles. The Kier molecular flexibility index (Phi) is 7.84. The van der Waals surface area contributed by atoms with Crippen LogP contribution in [0.15, 0.2) is 12.3 Å². The molecule has 0 aliphatic heterocycles. The number of nitrogens with one attached hydrogen (secondary N) is 2. The smallest absolute Gasteiger partial charge is 0.224 e. The number of hydrogen-bond acceptors (Lipinski definition) is 6. The molecule has 0 aliphatic rings. The zero-order valence-corrected chi connectivity index (χ0v) is 12.1. The molecular formula is C13H25N5O. The number of hydrogen-bond donors (Lipinski definition) is 2. The molecule has 0 spiro atoms. The highest BCUT2D eigenvalue weighted by atomic mass is 16.5. The van der Waals surface area contributed by atoms with Crippen LogP contribution in [0.2, 0.25) is 0 Å². The van der Waals surface area contributed by atoms with E-state index in [0.29, 0.717) is 5.95 Å². The van der Waals surface area contributed by atoms with Gasteiger partial charge in [0.05, 0.1) is 0 Å². The van der Waals surface area contributed by atoms with E-state index in [4.69, 9.17) is 4.74 Å². The van der Waals surface area contributed by atoms with Crippen molar-refractivity contribution in [2.24, 2.45) is 0 Å². The van der Waals surface area contributed by atoms with Gasteiger partial charge in [0.2, 0.25) is 5.95 Å². The van der Waals surface area contributed by atoms with E-state index < -0.39 is 0 Å². The van der Waals surface area contributed by atoms with Crippen molar-refractivity contribution in [2.75, 3.05) is 58.1 Å². The second kappa shape index (κ2) is 9.52. The lowest BCUT2D eigenvalue weighted by Crippen LogP contribution is -2.17. The van der Waals surface area contributed by atoms with Crippen molar-refractivity contribution in [3.63, 3.8) is 0 Å². The zero-order chi connectivity index (χ0) is 13.9. The minimum Gasteiger partial charge on any atom is -0.385 e. The minimum atomic E-state index is 0.676. The van der Waals surface area contributed by atoms with Crippen LogP contribution in [0.3, 0.4) is 0 Å². The molecule has 1 rings (SSSR count). The highest BCUT2D eigenvalue weighted by molar-refractivity contribution is 5.39. The molecule has 6 nitrogen and oxygen atoms in total. The van der Waals surface area contributed by atoms with Gasteiger partial charge in [0.15, 0.2) is 0 Å². The van der Waals surface area contributed by atoms with Gasteiger partial charge < -0.3 is 20.3 Å². The van der Waals surface area contributed by atoms with Crippen LogP contribution >= 0.6 is 0 Å². The zero-order valence-electron chi connectivity index (χ0n) is 12.1. The highest BCUT2D eigenvalue weighted by Gasteiger charge is 1.98. The van der Waals surface area contributed by atoms with Gasteiger partial charge in [0.25, 0.3) is 0 Å². The molecule has 0 fully saturated rings. The summed E-state index contributed by atoms with van der Waals surface area (Å²) in [6.07, 6.45) is 3.80. The Morgan fingerprint density at radius 1 is 1.21 bits per heavy atom. The number of aromatic nitrogens is 2. The first-order valence-electron chi connectivity index (χ1n) is 6.67. The molecule has 0 saturated carbocycles. The Hall–Kier alpha value is -1.40. The second-order valence-electron chi connectivity index (χ2n) is 4.62. The van der Waals surface area contributed by atoms with E-state index in [1.165, 1.54) is 0 Å². The fraction of sp³-hybridized carbons (Fsp3) is 0.692. The monoisotopic (exact) mass is 267 g/mol. The number of ether oxygens (including phenoxy) is 1. The van der Waals surface area contributed by atoms with E-state index in [-0.39, 0.29) is 0 Å². The number of methoxy groups -OCH3 is 1. The first kappa shape index (κ1) is 15.7. The first-order chi connectivity index (χ1) is 9.22. The Balaban J connectivity index is 2.27. The molecule has 1 aromatic heterocycles. The molecule has 0 amide bonds. The fourth-order valence-electron chi connectivity index (χ4n) is 1.57. The molecule has 1 aromatic rings. The van der Waals surface area contributed by atoms with Crippen LogP contribution in [0, 0.1) is 0 Å². The minimum absolute atomic E-state index is 0.676. The molecule has 2 N–H and O–H groups in total. The molecule has 0 saturated heterocycles. The van der Waals surface area contributed by atoms with E-state index in [9.17, 15) is 0 Å². The number of rotatable bonds is 10. The van der Waals surface area contributed by atoms with Gasteiger partial charge >= 0.3 is 0 Å². The number of anilines is 2. The van der Waals surface area contributed by atoms with Gasteiger partial charge in [-0.05, 0) is 39.5 Å². The van der Waals surface area contributed by atoms with Crippen molar-refractivity contribution < 1.29 is 4.74 Å². The van der Waals surface area contributed by atoms with Gasteiger partial charge in [0.1, 0.15) is 5.82 Å². The van der Waals surface area contributed by atoms with Crippen molar-refractivity contribution in [2.45, 2.75) is 12.8 Å². The molecular weight excluding hydrogens is 242 g/mol. The van der Waals surface area contributed by atoms with Crippen LogP contribution in [-0.4, -0.2) is 62.3 Å². The van der Waals surface area contributed by atoms with Crippen LogP contribution in [0.5, 0.6) is 0 Å².